The number of carbonyl (C=O) groups excluding carboxylic acids is 1. The van der Waals surface area contributed by atoms with Gasteiger partial charge in [-0.2, -0.15) is 0 Å². The zero-order chi connectivity index (χ0) is 19.8. The van der Waals surface area contributed by atoms with Gasteiger partial charge in [-0.3, -0.25) is 4.79 Å². The van der Waals surface area contributed by atoms with Gasteiger partial charge in [0.1, 0.15) is 18.9 Å². The molecule has 3 aromatic rings. The quantitative estimate of drug-likeness (QED) is 0.612. The number of carbonyl (C=O) groups is 1. The van der Waals surface area contributed by atoms with Gasteiger partial charge in [-0.25, -0.2) is 0 Å². The average molecular weight is 396 g/mol. The van der Waals surface area contributed by atoms with E-state index in [2.05, 4.69) is 17.4 Å². The summed E-state index contributed by atoms with van der Waals surface area (Å²) in [5.41, 5.74) is 3.08. The van der Waals surface area contributed by atoms with Crippen LogP contribution in [0.3, 0.4) is 0 Å². The van der Waals surface area contributed by atoms with Crippen molar-refractivity contribution in [3.63, 3.8) is 0 Å². The molecule has 0 aliphatic rings. The van der Waals surface area contributed by atoms with E-state index in [0.717, 1.165) is 34.0 Å². The van der Waals surface area contributed by atoms with E-state index < -0.39 is 0 Å². The summed E-state index contributed by atoms with van der Waals surface area (Å²) in [6.07, 6.45) is 0. The second-order valence-electron chi connectivity index (χ2n) is 6.68. The molecule has 5 heteroatoms. The summed E-state index contributed by atoms with van der Waals surface area (Å²) in [5, 5.41) is 3.63. The summed E-state index contributed by atoms with van der Waals surface area (Å²) in [4.78, 5) is 13.3. The molecule has 0 spiro atoms. The smallest absolute Gasteiger partial charge is 0.279 e. The molecule has 3 rings (SSSR count). The molecule has 0 bridgehead atoms. The van der Waals surface area contributed by atoms with Gasteiger partial charge in [0, 0.05) is 10.7 Å². The maximum Gasteiger partial charge on any atom is 0.279 e. The fourth-order valence-electron chi connectivity index (χ4n) is 2.82. The second kappa shape index (κ2) is 9.93. The van der Waals surface area contributed by atoms with Crippen LogP contribution in [0.15, 0.2) is 78.9 Å². The van der Waals surface area contributed by atoms with Crippen molar-refractivity contribution in [1.29, 1.82) is 0 Å². The first-order valence-electron chi connectivity index (χ1n) is 9.25. The zero-order valence-electron chi connectivity index (χ0n) is 15.8. The number of benzene rings is 3. The van der Waals surface area contributed by atoms with E-state index in [-0.39, 0.29) is 5.91 Å². The van der Waals surface area contributed by atoms with Crippen molar-refractivity contribution in [2.45, 2.75) is 0 Å². The number of hydrogen-bond acceptors (Lipinski definition) is 2. The maximum atomic E-state index is 12.3. The Balaban J connectivity index is 1.42. The van der Waals surface area contributed by atoms with E-state index in [0.29, 0.717) is 18.2 Å². The fourth-order valence-corrected chi connectivity index (χ4v) is 2.94. The highest BCUT2D eigenvalue weighted by molar-refractivity contribution is 6.30. The minimum absolute atomic E-state index is 0.0172. The number of nitrogens with one attached hydrogen (secondary N) is 2. The number of hydrogen-bond donors (Lipinski definition) is 2. The molecular formula is C23H24ClN2O2+. The topological polar surface area (TPSA) is 42.8 Å². The molecule has 0 saturated carbocycles. The van der Waals surface area contributed by atoms with Crippen LogP contribution in [0.5, 0.6) is 5.75 Å². The van der Waals surface area contributed by atoms with Crippen LogP contribution in [0.25, 0.3) is 11.1 Å². The summed E-state index contributed by atoms with van der Waals surface area (Å²) in [7, 11) is 1.98. The predicted molar refractivity (Wildman–Crippen MR) is 114 cm³/mol. The third-order valence-corrected chi connectivity index (χ3v) is 4.60. The first kappa shape index (κ1) is 19.9. The molecule has 4 nitrogen and oxygen atoms in total. The summed E-state index contributed by atoms with van der Waals surface area (Å²) < 4.78 is 5.68. The first-order valence-corrected chi connectivity index (χ1v) is 9.63. The van der Waals surface area contributed by atoms with Gasteiger partial charge in [-0.1, -0.05) is 54.1 Å². The van der Waals surface area contributed by atoms with Crippen LogP contribution in [0.4, 0.5) is 5.69 Å². The third-order valence-electron chi connectivity index (χ3n) is 4.35. The lowest BCUT2D eigenvalue weighted by atomic mass is 10.1. The monoisotopic (exact) mass is 395 g/mol. The maximum absolute atomic E-state index is 12.3. The van der Waals surface area contributed by atoms with Crippen LogP contribution in [0.2, 0.25) is 5.02 Å². The van der Waals surface area contributed by atoms with Crippen LogP contribution in [-0.2, 0) is 4.79 Å². The number of likely N-dealkylation sites (N-methyl/N-ethyl adjacent to an activating group) is 1. The standard InChI is InChI=1S/C23H23ClN2O2/c1-26(15-16-28-22-13-9-20(24)10-14-22)17-23(27)25-21-11-7-19(8-12-21)18-5-3-2-4-6-18/h2-14H,15-17H2,1H3,(H,25,27)/p+1. The Bertz CT molecular complexity index is 881. The molecule has 144 valence electrons. The van der Waals surface area contributed by atoms with Gasteiger partial charge in [-0.15, -0.1) is 0 Å². The second-order valence-corrected chi connectivity index (χ2v) is 7.11. The lowest BCUT2D eigenvalue weighted by Crippen LogP contribution is -3.10. The Kier molecular flexibility index (Phi) is 7.06. The summed E-state index contributed by atoms with van der Waals surface area (Å²) in [6.45, 7) is 1.64. The van der Waals surface area contributed by atoms with Crippen molar-refractivity contribution in [3.05, 3.63) is 83.9 Å². The lowest BCUT2D eigenvalue weighted by molar-refractivity contribution is -0.871. The van der Waals surface area contributed by atoms with Crippen LogP contribution < -0.4 is 15.0 Å². The number of halogens is 1. The molecule has 2 N–H and O–H groups in total. The minimum atomic E-state index is -0.0172. The van der Waals surface area contributed by atoms with Crippen molar-refractivity contribution in [2.75, 3.05) is 32.1 Å². The molecule has 0 aliphatic carbocycles. The molecule has 1 amide bonds. The third kappa shape index (κ3) is 6.12. The van der Waals surface area contributed by atoms with Crippen molar-refractivity contribution < 1.29 is 14.4 Å². The molecule has 1 unspecified atom stereocenters. The Morgan fingerprint density at radius 1 is 0.929 bits per heavy atom. The van der Waals surface area contributed by atoms with Crippen LogP contribution in [0.1, 0.15) is 0 Å². The molecule has 1 atom stereocenters. The van der Waals surface area contributed by atoms with Gasteiger partial charge in [0.15, 0.2) is 6.54 Å². The summed E-state index contributed by atoms with van der Waals surface area (Å²) in [5.74, 6) is 0.761. The number of anilines is 1. The minimum Gasteiger partial charge on any atom is -0.488 e. The molecule has 0 aromatic heterocycles. The molecule has 0 saturated heterocycles. The van der Waals surface area contributed by atoms with Crippen molar-refractivity contribution >= 4 is 23.2 Å². The molecular weight excluding hydrogens is 372 g/mol. The number of ether oxygens (including phenoxy) is 1. The number of quaternary nitrogens is 1. The normalized spacial score (nSPS) is 11.6. The largest absolute Gasteiger partial charge is 0.488 e. The molecule has 0 heterocycles. The van der Waals surface area contributed by atoms with Gasteiger partial charge < -0.3 is 15.0 Å². The lowest BCUT2D eigenvalue weighted by Gasteiger charge is -2.14. The zero-order valence-corrected chi connectivity index (χ0v) is 16.6. The predicted octanol–water partition coefficient (Wildman–Crippen LogP) is 3.54. The van der Waals surface area contributed by atoms with E-state index in [1.54, 1.807) is 12.1 Å². The first-order chi connectivity index (χ1) is 13.6. The summed E-state index contributed by atoms with van der Waals surface area (Å²) in [6, 6.07) is 25.3. The van der Waals surface area contributed by atoms with Gasteiger partial charge in [0.2, 0.25) is 0 Å². The van der Waals surface area contributed by atoms with E-state index in [1.165, 1.54) is 0 Å². The number of amides is 1. The van der Waals surface area contributed by atoms with Crippen molar-refractivity contribution in [1.82, 2.24) is 0 Å². The highest BCUT2D eigenvalue weighted by atomic mass is 35.5. The van der Waals surface area contributed by atoms with E-state index in [1.807, 2.05) is 61.6 Å². The van der Waals surface area contributed by atoms with E-state index >= 15 is 0 Å². The fraction of sp³-hybridized carbons (Fsp3) is 0.174. The molecule has 0 fully saturated rings. The van der Waals surface area contributed by atoms with Gasteiger partial charge in [0.25, 0.3) is 5.91 Å². The molecule has 28 heavy (non-hydrogen) atoms. The van der Waals surface area contributed by atoms with Gasteiger partial charge in [-0.05, 0) is 47.5 Å². The van der Waals surface area contributed by atoms with E-state index in [4.69, 9.17) is 16.3 Å². The molecule has 0 aliphatic heterocycles. The SMILES string of the molecule is C[NH+](CCOc1ccc(Cl)cc1)CC(=O)Nc1ccc(-c2ccccc2)cc1. The van der Waals surface area contributed by atoms with E-state index in [9.17, 15) is 4.79 Å². The Labute approximate surface area is 170 Å². The Morgan fingerprint density at radius 3 is 2.25 bits per heavy atom. The van der Waals surface area contributed by atoms with Crippen LogP contribution >= 0.6 is 11.6 Å². The van der Waals surface area contributed by atoms with Gasteiger partial charge in [0.05, 0.1) is 7.05 Å². The van der Waals surface area contributed by atoms with Crippen molar-refractivity contribution in [3.8, 4) is 16.9 Å². The Morgan fingerprint density at radius 2 is 1.57 bits per heavy atom. The number of rotatable bonds is 8. The Hall–Kier alpha value is -2.82. The molecule has 0 radical (unpaired) electrons. The highest BCUT2D eigenvalue weighted by Crippen LogP contribution is 2.20. The highest BCUT2D eigenvalue weighted by Gasteiger charge is 2.10. The van der Waals surface area contributed by atoms with Crippen LogP contribution in [-0.4, -0.2) is 32.7 Å². The van der Waals surface area contributed by atoms with Crippen molar-refractivity contribution in [2.24, 2.45) is 0 Å². The summed E-state index contributed by atoms with van der Waals surface area (Å²) >= 11 is 5.86. The van der Waals surface area contributed by atoms with Crippen LogP contribution in [0, 0.1) is 0 Å². The average Bonchev–Trinajstić information content (AvgIpc) is 2.70. The molecule has 3 aromatic carbocycles. The van der Waals surface area contributed by atoms with Gasteiger partial charge >= 0.3 is 0 Å².